The van der Waals surface area contributed by atoms with Crippen molar-refractivity contribution in [3.63, 3.8) is 0 Å². The van der Waals surface area contributed by atoms with Crippen LogP contribution in [0.1, 0.15) is 16.7 Å². The minimum atomic E-state index is -0.268. The summed E-state index contributed by atoms with van der Waals surface area (Å²) < 4.78 is 13.6. The molecule has 0 saturated carbocycles. The zero-order chi connectivity index (χ0) is 11.0. The number of fused-ring (bicyclic) bond motifs is 1. The summed E-state index contributed by atoms with van der Waals surface area (Å²) in [7, 11) is 0. The van der Waals surface area contributed by atoms with Crippen molar-refractivity contribution in [1.82, 2.24) is 0 Å². The van der Waals surface area contributed by atoms with Crippen molar-refractivity contribution < 1.29 is 4.39 Å². The van der Waals surface area contributed by atoms with E-state index in [1.54, 1.807) is 6.07 Å². The summed E-state index contributed by atoms with van der Waals surface area (Å²) in [6, 6.07) is 8.70. The van der Waals surface area contributed by atoms with Crippen LogP contribution >= 0.6 is 0 Å². The average molecular weight is 199 g/mol. The molecule has 0 fully saturated rings. The minimum absolute atomic E-state index is 0.268. The van der Waals surface area contributed by atoms with Gasteiger partial charge in [-0.3, -0.25) is 0 Å². The van der Waals surface area contributed by atoms with Crippen LogP contribution in [0.5, 0.6) is 0 Å². The van der Waals surface area contributed by atoms with E-state index in [2.05, 4.69) is 6.07 Å². The maximum absolute atomic E-state index is 13.6. The molecule has 2 aromatic rings. The van der Waals surface area contributed by atoms with Crippen molar-refractivity contribution in [2.24, 2.45) is 0 Å². The molecule has 0 spiro atoms. The third-order valence-electron chi connectivity index (χ3n) is 2.52. The standard InChI is InChI=1S/C13H10FN/c1-8-5-9(2)13-10(7-15)3-4-12(14)11(13)6-8/h3-6H,1-2H3. The van der Waals surface area contributed by atoms with Gasteiger partial charge < -0.3 is 0 Å². The molecule has 0 N–H and O–H groups in total. The number of halogens is 1. The van der Waals surface area contributed by atoms with Crippen LogP contribution in [0.2, 0.25) is 0 Å². The van der Waals surface area contributed by atoms with Crippen molar-refractivity contribution in [2.75, 3.05) is 0 Å². The van der Waals surface area contributed by atoms with Gasteiger partial charge in [-0.15, -0.1) is 0 Å². The lowest BCUT2D eigenvalue weighted by molar-refractivity contribution is 0.639. The van der Waals surface area contributed by atoms with Gasteiger partial charge in [-0.25, -0.2) is 4.39 Å². The van der Waals surface area contributed by atoms with E-state index in [1.165, 1.54) is 12.1 Å². The van der Waals surface area contributed by atoms with Gasteiger partial charge >= 0.3 is 0 Å². The molecule has 0 unspecified atom stereocenters. The Bertz CT molecular complexity index is 579. The van der Waals surface area contributed by atoms with Gasteiger partial charge in [-0.1, -0.05) is 11.6 Å². The van der Waals surface area contributed by atoms with Crippen LogP contribution in [0.3, 0.4) is 0 Å². The number of nitriles is 1. The van der Waals surface area contributed by atoms with E-state index in [9.17, 15) is 4.39 Å². The van der Waals surface area contributed by atoms with Crippen LogP contribution < -0.4 is 0 Å². The monoisotopic (exact) mass is 199 g/mol. The highest BCUT2D eigenvalue weighted by Gasteiger charge is 2.08. The van der Waals surface area contributed by atoms with Crippen molar-refractivity contribution in [2.45, 2.75) is 13.8 Å². The van der Waals surface area contributed by atoms with Gasteiger partial charge in [-0.2, -0.15) is 5.26 Å². The molecular formula is C13H10FN. The Morgan fingerprint density at radius 3 is 2.60 bits per heavy atom. The highest BCUT2D eigenvalue weighted by atomic mass is 19.1. The zero-order valence-corrected chi connectivity index (χ0v) is 8.63. The Hall–Kier alpha value is -1.88. The molecule has 0 aliphatic carbocycles. The molecule has 74 valence electrons. The van der Waals surface area contributed by atoms with Crippen LogP contribution in [0.15, 0.2) is 24.3 Å². The molecule has 15 heavy (non-hydrogen) atoms. The van der Waals surface area contributed by atoms with Gasteiger partial charge in [0.15, 0.2) is 0 Å². The Balaban J connectivity index is 3.02. The normalized spacial score (nSPS) is 10.3. The predicted octanol–water partition coefficient (Wildman–Crippen LogP) is 3.47. The zero-order valence-electron chi connectivity index (χ0n) is 8.63. The predicted molar refractivity (Wildman–Crippen MR) is 58.1 cm³/mol. The van der Waals surface area contributed by atoms with Gasteiger partial charge in [0.25, 0.3) is 0 Å². The quantitative estimate of drug-likeness (QED) is 0.637. The number of rotatable bonds is 0. The molecule has 0 aromatic heterocycles. The smallest absolute Gasteiger partial charge is 0.131 e. The van der Waals surface area contributed by atoms with Crippen molar-refractivity contribution in [3.05, 3.63) is 46.8 Å². The highest BCUT2D eigenvalue weighted by Crippen LogP contribution is 2.26. The van der Waals surface area contributed by atoms with Gasteiger partial charge in [0.1, 0.15) is 5.82 Å². The lowest BCUT2D eigenvalue weighted by Crippen LogP contribution is -1.89. The van der Waals surface area contributed by atoms with E-state index < -0.39 is 0 Å². The summed E-state index contributed by atoms with van der Waals surface area (Å²) in [6.45, 7) is 3.82. The largest absolute Gasteiger partial charge is 0.206 e. The van der Waals surface area contributed by atoms with Gasteiger partial charge in [0.05, 0.1) is 11.6 Å². The summed E-state index contributed by atoms with van der Waals surface area (Å²) in [5.41, 5.74) is 2.49. The van der Waals surface area contributed by atoms with Crippen LogP contribution in [0.4, 0.5) is 4.39 Å². The van der Waals surface area contributed by atoms with E-state index in [1.807, 2.05) is 19.9 Å². The summed E-state index contributed by atoms with van der Waals surface area (Å²) >= 11 is 0. The molecule has 2 heteroatoms. The third kappa shape index (κ3) is 1.46. The molecular weight excluding hydrogens is 189 g/mol. The van der Waals surface area contributed by atoms with Crippen molar-refractivity contribution in [1.29, 1.82) is 5.26 Å². The molecule has 0 aliphatic rings. The molecule has 0 amide bonds. The topological polar surface area (TPSA) is 23.8 Å². The lowest BCUT2D eigenvalue weighted by Gasteiger charge is -2.06. The Morgan fingerprint density at radius 2 is 1.93 bits per heavy atom. The Kier molecular flexibility index (Phi) is 2.17. The molecule has 0 aliphatic heterocycles. The summed E-state index contributed by atoms with van der Waals surface area (Å²) in [6.07, 6.45) is 0. The molecule has 0 radical (unpaired) electrons. The molecule has 0 heterocycles. The number of aryl methyl sites for hydroxylation is 2. The number of nitrogens with zero attached hydrogens (tertiary/aromatic N) is 1. The van der Waals surface area contributed by atoms with E-state index in [-0.39, 0.29) is 5.82 Å². The molecule has 2 aromatic carbocycles. The van der Waals surface area contributed by atoms with Gasteiger partial charge in [0, 0.05) is 10.8 Å². The first-order valence-electron chi connectivity index (χ1n) is 4.73. The maximum atomic E-state index is 13.6. The van der Waals surface area contributed by atoms with E-state index in [0.717, 1.165) is 16.5 Å². The van der Waals surface area contributed by atoms with Crippen LogP contribution in [-0.2, 0) is 0 Å². The lowest BCUT2D eigenvalue weighted by atomic mass is 9.98. The van der Waals surface area contributed by atoms with Crippen molar-refractivity contribution in [3.8, 4) is 6.07 Å². The molecule has 1 nitrogen and oxygen atoms in total. The first-order chi connectivity index (χ1) is 7.13. The molecule has 0 saturated heterocycles. The van der Waals surface area contributed by atoms with Crippen LogP contribution in [-0.4, -0.2) is 0 Å². The highest BCUT2D eigenvalue weighted by molar-refractivity contribution is 5.91. The summed E-state index contributed by atoms with van der Waals surface area (Å²) in [5, 5.41) is 10.2. The SMILES string of the molecule is Cc1cc(C)c2c(C#N)ccc(F)c2c1. The second-order valence-electron chi connectivity index (χ2n) is 3.71. The first-order valence-corrected chi connectivity index (χ1v) is 4.73. The second kappa shape index (κ2) is 3.36. The van der Waals surface area contributed by atoms with E-state index in [0.29, 0.717) is 10.9 Å². The fraction of sp³-hybridized carbons (Fsp3) is 0.154. The van der Waals surface area contributed by atoms with E-state index in [4.69, 9.17) is 5.26 Å². The molecule has 0 bridgehead atoms. The number of hydrogen-bond donors (Lipinski definition) is 0. The summed E-state index contributed by atoms with van der Waals surface area (Å²) in [4.78, 5) is 0. The fourth-order valence-corrected chi connectivity index (χ4v) is 1.94. The number of benzene rings is 2. The first kappa shape index (κ1) is 9.67. The van der Waals surface area contributed by atoms with Crippen molar-refractivity contribution >= 4 is 10.8 Å². The fourth-order valence-electron chi connectivity index (χ4n) is 1.94. The van der Waals surface area contributed by atoms with Crippen LogP contribution in [0.25, 0.3) is 10.8 Å². The van der Waals surface area contributed by atoms with Crippen LogP contribution in [0, 0.1) is 31.0 Å². The number of hydrogen-bond acceptors (Lipinski definition) is 1. The second-order valence-corrected chi connectivity index (χ2v) is 3.71. The molecule has 0 atom stereocenters. The summed E-state index contributed by atoms with van der Waals surface area (Å²) in [5.74, 6) is -0.268. The minimum Gasteiger partial charge on any atom is -0.206 e. The van der Waals surface area contributed by atoms with Gasteiger partial charge in [-0.05, 0) is 37.6 Å². The molecule has 2 rings (SSSR count). The average Bonchev–Trinajstić information content (AvgIpc) is 2.19. The van der Waals surface area contributed by atoms with E-state index >= 15 is 0 Å². The Morgan fingerprint density at radius 1 is 1.20 bits per heavy atom. The van der Waals surface area contributed by atoms with Gasteiger partial charge in [0.2, 0.25) is 0 Å². The Labute approximate surface area is 87.8 Å². The maximum Gasteiger partial charge on any atom is 0.131 e. The third-order valence-corrected chi connectivity index (χ3v) is 2.52.